The summed E-state index contributed by atoms with van der Waals surface area (Å²) in [6, 6.07) is 0.539. The van der Waals surface area contributed by atoms with E-state index in [1.165, 1.54) is 25.7 Å². The van der Waals surface area contributed by atoms with Crippen molar-refractivity contribution in [2.45, 2.75) is 38.6 Å². The molecule has 0 aliphatic heterocycles. The van der Waals surface area contributed by atoms with Gasteiger partial charge in [-0.15, -0.1) is 0 Å². The molecule has 1 aliphatic rings. The molecule has 0 heterocycles. The van der Waals surface area contributed by atoms with Crippen molar-refractivity contribution in [2.24, 2.45) is 5.73 Å². The first-order valence-corrected chi connectivity index (χ1v) is 4.52. The molecule has 0 aromatic carbocycles. The highest BCUT2D eigenvalue weighted by Gasteiger charge is 2.20. The maximum Gasteiger partial charge on any atom is 0.219 e. The third-order valence-electron chi connectivity index (χ3n) is 2.37. The second-order valence-electron chi connectivity index (χ2n) is 3.20. The minimum atomic E-state index is 0.201. The van der Waals surface area contributed by atoms with Crippen LogP contribution in [0.3, 0.4) is 0 Å². The summed E-state index contributed by atoms with van der Waals surface area (Å²) in [7, 11) is 1.90. The van der Waals surface area contributed by atoms with Crippen LogP contribution in [0.1, 0.15) is 32.6 Å². The van der Waals surface area contributed by atoms with Crippen LogP contribution in [0.4, 0.5) is 0 Å². The molecule has 76 valence electrons. The Morgan fingerprint density at radius 3 is 2.15 bits per heavy atom. The molecule has 0 aromatic rings. The molecule has 2 amide bonds. The molecule has 0 aromatic heterocycles. The lowest BCUT2D eigenvalue weighted by Crippen LogP contribution is -2.33. The highest BCUT2D eigenvalue weighted by Crippen LogP contribution is 2.21. The average Bonchev–Trinajstić information content (AvgIpc) is 2.56. The van der Waals surface area contributed by atoms with Gasteiger partial charge < -0.3 is 10.6 Å². The van der Waals surface area contributed by atoms with E-state index in [0.717, 1.165) is 0 Å². The molecule has 1 aliphatic carbocycles. The summed E-state index contributed by atoms with van der Waals surface area (Å²) in [5, 5.41) is 0. The van der Waals surface area contributed by atoms with Crippen molar-refractivity contribution in [3.8, 4) is 0 Å². The number of nitrogens with two attached hydrogens (primary N) is 1. The molecule has 1 rings (SSSR count). The fourth-order valence-electron chi connectivity index (χ4n) is 1.55. The monoisotopic (exact) mass is 186 g/mol. The average molecular weight is 186 g/mol. The lowest BCUT2D eigenvalue weighted by molar-refractivity contribution is -0.129. The van der Waals surface area contributed by atoms with E-state index in [2.05, 4.69) is 5.73 Å². The fourth-order valence-corrected chi connectivity index (χ4v) is 1.55. The topological polar surface area (TPSA) is 63.4 Å². The number of amides is 2. The summed E-state index contributed by atoms with van der Waals surface area (Å²) in [5.41, 5.74) is 4.17. The first-order valence-electron chi connectivity index (χ1n) is 4.52. The van der Waals surface area contributed by atoms with Gasteiger partial charge in [-0.2, -0.15) is 0 Å². The molecule has 4 heteroatoms. The van der Waals surface area contributed by atoms with Crippen LogP contribution < -0.4 is 5.73 Å². The first kappa shape index (κ1) is 11.9. The third kappa shape index (κ3) is 4.50. The van der Waals surface area contributed by atoms with Crippen molar-refractivity contribution < 1.29 is 9.59 Å². The quantitative estimate of drug-likeness (QED) is 0.606. The largest absolute Gasteiger partial charge is 0.372 e. The predicted molar refractivity (Wildman–Crippen MR) is 51.0 cm³/mol. The Morgan fingerprint density at radius 2 is 1.85 bits per heavy atom. The maximum absolute atomic E-state index is 10.9. The molecule has 0 unspecified atom stereocenters. The van der Waals surface area contributed by atoms with Gasteiger partial charge in [-0.3, -0.25) is 9.59 Å². The van der Waals surface area contributed by atoms with Crippen LogP contribution in [-0.4, -0.2) is 30.3 Å². The van der Waals surface area contributed by atoms with Gasteiger partial charge in [0.15, 0.2) is 0 Å². The van der Waals surface area contributed by atoms with Crippen LogP contribution in [0.5, 0.6) is 0 Å². The molecular formula is C9H18N2O2. The lowest BCUT2D eigenvalue weighted by atomic mass is 10.2. The molecular weight excluding hydrogens is 168 g/mol. The van der Waals surface area contributed by atoms with E-state index in [1.54, 1.807) is 6.92 Å². The maximum atomic E-state index is 10.9. The summed E-state index contributed by atoms with van der Waals surface area (Å²) < 4.78 is 0. The van der Waals surface area contributed by atoms with Crippen molar-refractivity contribution >= 4 is 12.3 Å². The van der Waals surface area contributed by atoms with E-state index in [4.69, 9.17) is 4.79 Å². The van der Waals surface area contributed by atoms with Gasteiger partial charge in [-0.05, 0) is 12.8 Å². The second kappa shape index (κ2) is 6.46. The van der Waals surface area contributed by atoms with Crippen LogP contribution >= 0.6 is 0 Å². The number of hydrogen-bond donors (Lipinski definition) is 1. The summed E-state index contributed by atoms with van der Waals surface area (Å²) in [6.45, 7) is 1.64. The van der Waals surface area contributed by atoms with Gasteiger partial charge in [0.25, 0.3) is 0 Å². The molecule has 13 heavy (non-hydrogen) atoms. The zero-order valence-corrected chi connectivity index (χ0v) is 8.32. The van der Waals surface area contributed by atoms with Crippen LogP contribution in [0.15, 0.2) is 0 Å². The van der Waals surface area contributed by atoms with Crippen molar-refractivity contribution in [1.29, 1.82) is 0 Å². The number of carbonyl (C=O) groups is 2. The van der Waals surface area contributed by atoms with E-state index in [1.807, 2.05) is 11.9 Å². The molecule has 0 bridgehead atoms. The van der Waals surface area contributed by atoms with Crippen molar-refractivity contribution in [2.75, 3.05) is 7.05 Å². The Hall–Kier alpha value is -1.06. The highest BCUT2D eigenvalue weighted by atomic mass is 16.2. The summed E-state index contributed by atoms with van der Waals surface area (Å²) >= 11 is 0. The van der Waals surface area contributed by atoms with Crippen LogP contribution in [0, 0.1) is 0 Å². The molecule has 0 saturated heterocycles. The number of rotatable bonds is 1. The van der Waals surface area contributed by atoms with E-state index in [-0.39, 0.29) is 12.3 Å². The molecule has 0 radical (unpaired) electrons. The highest BCUT2D eigenvalue weighted by molar-refractivity contribution is 5.73. The van der Waals surface area contributed by atoms with Gasteiger partial charge in [0, 0.05) is 20.0 Å². The molecule has 0 atom stereocenters. The molecule has 1 saturated carbocycles. The summed E-state index contributed by atoms with van der Waals surface area (Å²) in [4.78, 5) is 21.3. The predicted octanol–water partition coefficient (Wildman–Crippen LogP) is 0.509. The summed E-state index contributed by atoms with van der Waals surface area (Å²) in [6.07, 6.45) is 5.25. The SMILES string of the molecule is CC(=O)N(C)C1CCCC1.NC=O. The molecule has 4 nitrogen and oxygen atoms in total. The van der Waals surface area contributed by atoms with E-state index in [0.29, 0.717) is 6.04 Å². The number of primary amides is 1. The Morgan fingerprint density at radius 1 is 1.46 bits per heavy atom. The molecule has 2 N–H and O–H groups in total. The van der Waals surface area contributed by atoms with Crippen molar-refractivity contribution in [3.05, 3.63) is 0 Å². The first-order chi connectivity index (χ1) is 6.13. The fraction of sp³-hybridized carbons (Fsp3) is 0.778. The minimum absolute atomic E-state index is 0.201. The van der Waals surface area contributed by atoms with Crippen LogP contribution in [0.25, 0.3) is 0 Å². The van der Waals surface area contributed by atoms with Crippen molar-refractivity contribution in [3.63, 3.8) is 0 Å². The van der Waals surface area contributed by atoms with E-state index >= 15 is 0 Å². The minimum Gasteiger partial charge on any atom is -0.372 e. The normalized spacial score (nSPS) is 15.8. The van der Waals surface area contributed by atoms with Gasteiger partial charge in [0.1, 0.15) is 0 Å². The van der Waals surface area contributed by atoms with Gasteiger partial charge in [0.05, 0.1) is 0 Å². The molecule has 0 spiro atoms. The standard InChI is InChI=1S/C8H15NO.CH3NO/c1-7(10)9(2)8-5-3-4-6-8;2-1-3/h8H,3-6H2,1-2H3;1H,(H2,2,3). The lowest BCUT2D eigenvalue weighted by Gasteiger charge is -2.22. The third-order valence-corrected chi connectivity index (χ3v) is 2.37. The van der Waals surface area contributed by atoms with Crippen molar-refractivity contribution in [1.82, 2.24) is 4.90 Å². The van der Waals surface area contributed by atoms with Crippen LogP contribution in [-0.2, 0) is 9.59 Å². The van der Waals surface area contributed by atoms with E-state index in [9.17, 15) is 4.79 Å². The van der Waals surface area contributed by atoms with Crippen LogP contribution in [0.2, 0.25) is 0 Å². The zero-order chi connectivity index (χ0) is 10.3. The van der Waals surface area contributed by atoms with E-state index < -0.39 is 0 Å². The van der Waals surface area contributed by atoms with Gasteiger partial charge in [-0.1, -0.05) is 12.8 Å². The van der Waals surface area contributed by atoms with Gasteiger partial charge >= 0.3 is 0 Å². The number of hydrogen-bond acceptors (Lipinski definition) is 2. The Balaban J connectivity index is 0.000000424. The van der Waals surface area contributed by atoms with Gasteiger partial charge in [0.2, 0.25) is 12.3 Å². The summed E-state index contributed by atoms with van der Waals surface area (Å²) in [5.74, 6) is 0.201. The number of carbonyl (C=O) groups excluding carboxylic acids is 2. The second-order valence-corrected chi connectivity index (χ2v) is 3.20. The Labute approximate surface area is 79.1 Å². The Bertz CT molecular complexity index is 165. The number of nitrogens with zero attached hydrogens (tertiary/aromatic N) is 1. The smallest absolute Gasteiger partial charge is 0.219 e. The van der Waals surface area contributed by atoms with Gasteiger partial charge in [-0.25, -0.2) is 0 Å². The zero-order valence-electron chi connectivity index (χ0n) is 8.32. The molecule has 1 fully saturated rings. The Kier molecular flexibility index (Phi) is 5.93.